The first kappa shape index (κ1) is 12.5. The number of benzene rings is 1. The van der Waals surface area contributed by atoms with E-state index in [9.17, 15) is 4.79 Å². The van der Waals surface area contributed by atoms with Gasteiger partial charge in [0.25, 0.3) is 0 Å². The van der Waals surface area contributed by atoms with Crippen LogP contribution in [0.2, 0.25) is 0 Å². The van der Waals surface area contributed by atoms with E-state index >= 15 is 0 Å². The summed E-state index contributed by atoms with van der Waals surface area (Å²) in [5.41, 5.74) is 2.29. The minimum absolute atomic E-state index is 0.211. The van der Waals surface area contributed by atoms with Gasteiger partial charge >= 0.3 is 0 Å². The molecule has 0 saturated heterocycles. The maximum Gasteiger partial charge on any atom is 0.246 e. The van der Waals surface area contributed by atoms with Crippen LogP contribution in [0.1, 0.15) is 38.5 Å². The van der Waals surface area contributed by atoms with Gasteiger partial charge in [-0.1, -0.05) is 37.8 Å². The molecular weight excluding hydrogens is 236 g/mol. The summed E-state index contributed by atoms with van der Waals surface area (Å²) in [6.45, 7) is 0.540. The van der Waals surface area contributed by atoms with Crippen LogP contribution in [0, 0.1) is 0 Å². The molecule has 0 aromatic heterocycles. The van der Waals surface area contributed by atoms with Crippen LogP contribution in [0.4, 0.5) is 11.4 Å². The topological polar surface area (TPSA) is 23.6 Å². The van der Waals surface area contributed by atoms with E-state index in [1.807, 2.05) is 13.1 Å². The van der Waals surface area contributed by atoms with Crippen molar-refractivity contribution in [3.8, 4) is 0 Å². The van der Waals surface area contributed by atoms with Crippen LogP contribution >= 0.6 is 0 Å². The van der Waals surface area contributed by atoms with Gasteiger partial charge in [-0.15, -0.1) is 0 Å². The van der Waals surface area contributed by atoms with E-state index in [1.165, 1.54) is 44.2 Å². The van der Waals surface area contributed by atoms with Crippen LogP contribution in [0.3, 0.4) is 0 Å². The number of rotatable bonds is 1. The Hall–Kier alpha value is -1.51. The Kier molecular flexibility index (Phi) is 3.45. The second kappa shape index (κ2) is 5.24. The van der Waals surface area contributed by atoms with Gasteiger partial charge in [-0.05, 0) is 25.0 Å². The lowest BCUT2D eigenvalue weighted by Crippen LogP contribution is -2.48. The molecular formula is C16H22N2O. The number of fused-ring (bicyclic) bond motifs is 1. The molecule has 0 radical (unpaired) electrons. The zero-order valence-electron chi connectivity index (χ0n) is 11.6. The van der Waals surface area contributed by atoms with Gasteiger partial charge in [-0.25, -0.2) is 0 Å². The molecule has 102 valence electrons. The van der Waals surface area contributed by atoms with Crippen LogP contribution in [0.25, 0.3) is 0 Å². The molecule has 3 heteroatoms. The molecule has 1 aromatic carbocycles. The molecule has 1 heterocycles. The molecule has 0 atom stereocenters. The number of likely N-dealkylation sites (N-methyl/N-ethyl adjacent to an activating group) is 1. The molecule has 1 amide bonds. The van der Waals surface area contributed by atoms with Gasteiger partial charge in [-0.3, -0.25) is 4.79 Å². The third kappa shape index (κ3) is 2.34. The third-order valence-corrected chi connectivity index (χ3v) is 4.50. The SMILES string of the molecule is CN1C(=O)CN(C2CCCCCC2)c2ccccc21. The molecule has 0 spiro atoms. The minimum Gasteiger partial charge on any atom is -0.358 e. The average Bonchev–Trinajstić information content (AvgIpc) is 2.72. The Morgan fingerprint density at radius 3 is 2.32 bits per heavy atom. The summed E-state index contributed by atoms with van der Waals surface area (Å²) in [6, 6.07) is 8.84. The van der Waals surface area contributed by atoms with Gasteiger partial charge in [0.1, 0.15) is 0 Å². The fourth-order valence-electron chi connectivity index (χ4n) is 3.36. The number of carbonyl (C=O) groups is 1. The van der Waals surface area contributed by atoms with Crippen molar-refractivity contribution in [3.63, 3.8) is 0 Å². The molecule has 0 N–H and O–H groups in total. The quantitative estimate of drug-likeness (QED) is 0.722. The highest BCUT2D eigenvalue weighted by atomic mass is 16.2. The number of carbonyl (C=O) groups excluding carboxylic acids is 1. The van der Waals surface area contributed by atoms with Crippen LogP contribution in [-0.4, -0.2) is 25.5 Å². The van der Waals surface area contributed by atoms with Crippen molar-refractivity contribution in [1.82, 2.24) is 0 Å². The first-order chi connectivity index (χ1) is 9.27. The van der Waals surface area contributed by atoms with Crippen LogP contribution in [-0.2, 0) is 4.79 Å². The average molecular weight is 258 g/mol. The predicted molar refractivity (Wildman–Crippen MR) is 78.7 cm³/mol. The van der Waals surface area contributed by atoms with E-state index in [2.05, 4.69) is 23.1 Å². The first-order valence-electron chi connectivity index (χ1n) is 7.39. The first-order valence-corrected chi connectivity index (χ1v) is 7.39. The molecule has 0 unspecified atom stereocenters. The van der Waals surface area contributed by atoms with Crippen molar-refractivity contribution in [2.24, 2.45) is 0 Å². The van der Waals surface area contributed by atoms with E-state index in [1.54, 1.807) is 4.90 Å². The van der Waals surface area contributed by atoms with Crippen molar-refractivity contribution in [3.05, 3.63) is 24.3 Å². The molecule has 3 nitrogen and oxygen atoms in total. The van der Waals surface area contributed by atoms with Crippen molar-refractivity contribution in [1.29, 1.82) is 0 Å². The smallest absolute Gasteiger partial charge is 0.246 e. The summed E-state index contributed by atoms with van der Waals surface area (Å²) in [4.78, 5) is 16.3. The Labute approximate surface area is 115 Å². The highest BCUT2D eigenvalue weighted by Gasteiger charge is 2.30. The summed E-state index contributed by atoms with van der Waals surface area (Å²) in [6.07, 6.45) is 7.75. The van der Waals surface area contributed by atoms with Crippen molar-refractivity contribution in [2.45, 2.75) is 44.6 Å². The van der Waals surface area contributed by atoms with E-state index in [-0.39, 0.29) is 5.91 Å². The van der Waals surface area contributed by atoms with E-state index in [4.69, 9.17) is 0 Å². The number of anilines is 2. The fourth-order valence-corrected chi connectivity index (χ4v) is 3.36. The highest BCUT2D eigenvalue weighted by molar-refractivity contribution is 6.02. The van der Waals surface area contributed by atoms with Crippen LogP contribution in [0.15, 0.2) is 24.3 Å². The lowest BCUT2D eigenvalue weighted by molar-refractivity contribution is -0.117. The molecule has 1 aromatic rings. The number of hydrogen-bond donors (Lipinski definition) is 0. The Morgan fingerprint density at radius 2 is 1.63 bits per heavy atom. The molecule has 19 heavy (non-hydrogen) atoms. The van der Waals surface area contributed by atoms with Crippen LogP contribution < -0.4 is 9.80 Å². The fraction of sp³-hybridized carbons (Fsp3) is 0.562. The zero-order valence-corrected chi connectivity index (χ0v) is 11.6. The molecule has 1 saturated carbocycles. The number of nitrogens with zero attached hydrogens (tertiary/aromatic N) is 2. The molecule has 3 rings (SSSR count). The summed E-state index contributed by atoms with van der Waals surface area (Å²) in [5, 5.41) is 0. The standard InChI is InChI=1S/C16H22N2O/c1-17-14-10-6-7-11-15(14)18(12-16(17)19)13-8-4-2-3-5-9-13/h6-7,10-11,13H,2-5,8-9,12H2,1H3. The Balaban J connectivity index is 1.93. The summed E-state index contributed by atoms with van der Waals surface area (Å²) >= 11 is 0. The highest BCUT2D eigenvalue weighted by Crippen LogP contribution is 2.36. The van der Waals surface area contributed by atoms with E-state index in [0.29, 0.717) is 12.6 Å². The minimum atomic E-state index is 0.211. The number of para-hydroxylation sites is 2. The van der Waals surface area contributed by atoms with Crippen molar-refractivity contribution >= 4 is 17.3 Å². The van der Waals surface area contributed by atoms with Gasteiger partial charge in [0.2, 0.25) is 5.91 Å². The predicted octanol–water partition coefficient (Wildman–Crippen LogP) is 3.19. The number of hydrogen-bond acceptors (Lipinski definition) is 2. The summed E-state index contributed by atoms with van der Waals surface area (Å²) < 4.78 is 0. The lowest BCUT2D eigenvalue weighted by atomic mass is 10.0. The molecule has 2 aliphatic rings. The molecule has 1 fully saturated rings. The monoisotopic (exact) mass is 258 g/mol. The molecule has 1 aliphatic carbocycles. The van der Waals surface area contributed by atoms with Gasteiger partial charge in [0, 0.05) is 13.1 Å². The Bertz CT molecular complexity index is 464. The van der Waals surface area contributed by atoms with Crippen molar-refractivity contribution in [2.75, 3.05) is 23.4 Å². The van der Waals surface area contributed by atoms with Crippen molar-refractivity contribution < 1.29 is 4.79 Å². The second-order valence-corrected chi connectivity index (χ2v) is 5.71. The van der Waals surface area contributed by atoms with Gasteiger partial charge < -0.3 is 9.80 Å². The van der Waals surface area contributed by atoms with Crippen LogP contribution in [0.5, 0.6) is 0 Å². The second-order valence-electron chi connectivity index (χ2n) is 5.71. The molecule has 1 aliphatic heterocycles. The van der Waals surface area contributed by atoms with Gasteiger partial charge in [-0.2, -0.15) is 0 Å². The lowest BCUT2D eigenvalue weighted by Gasteiger charge is -2.40. The largest absolute Gasteiger partial charge is 0.358 e. The van der Waals surface area contributed by atoms with Gasteiger partial charge in [0.05, 0.1) is 17.9 Å². The summed E-state index contributed by atoms with van der Waals surface area (Å²) in [5.74, 6) is 0.211. The maximum atomic E-state index is 12.2. The third-order valence-electron chi connectivity index (χ3n) is 4.50. The van der Waals surface area contributed by atoms with E-state index in [0.717, 1.165) is 5.69 Å². The van der Waals surface area contributed by atoms with Gasteiger partial charge in [0.15, 0.2) is 0 Å². The molecule has 0 bridgehead atoms. The zero-order chi connectivity index (χ0) is 13.2. The summed E-state index contributed by atoms with van der Waals surface area (Å²) in [7, 11) is 1.88. The normalized spacial score (nSPS) is 21.2. The Morgan fingerprint density at radius 1 is 1.00 bits per heavy atom. The number of amides is 1. The maximum absolute atomic E-state index is 12.2. The van der Waals surface area contributed by atoms with E-state index < -0.39 is 0 Å².